The highest BCUT2D eigenvalue weighted by Crippen LogP contribution is 2.42. The highest BCUT2D eigenvalue weighted by molar-refractivity contribution is 5.82. The fourth-order valence-electron chi connectivity index (χ4n) is 2.06. The van der Waals surface area contributed by atoms with Gasteiger partial charge in [-0.25, -0.2) is 4.98 Å². The molecule has 0 saturated carbocycles. The van der Waals surface area contributed by atoms with E-state index in [0.717, 1.165) is 12.1 Å². The Bertz CT molecular complexity index is 592. The van der Waals surface area contributed by atoms with E-state index in [4.69, 9.17) is 14.2 Å². The molecule has 2 aromatic rings. The molecular weight excluding hydrogens is 270 g/mol. The zero-order valence-electron chi connectivity index (χ0n) is 12.6. The van der Waals surface area contributed by atoms with Crippen LogP contribution in [0.1, 0.15) is 6.92 Å². The van der Waals surface area contributed by atoms with E-state index in [9.17, 15) is 0 Å². The largest absolute Gasteiger partial charge is 0.496 e. The lowest BCUT2D eigenvalue weighted by molar-refractivity contribution is 0.377. The Morgan fingerprint density at radius 3 is 2.10 bits per heavy atom. The number of hydrogen-bond acceptors (Lipinski definition) is 6. The molecule has 0 unspecified atom stereocenters. The van der Waals surface area contributed by atoms with Crippen LogP contribution >= 0.6 is 0 Å². The quantitative estimate of drug-likeness (QED) is 0.881. The molecule has 0 spiro atoms. The van der Waals surface area contributed by atoms with Crippen LogP contribution in [0.5, 0.6) is 17.2 Å². The van der Waals surface area contributed by atoms with Crippen LogP contribution in [0.15, 0.2) is 24.5 Å². The molecule has 0 fully saturated rings. The summed E-state index contributed by atoms with van der Waals surface area (Å²) in [6, 6.07) is 3.59. The molecule has 1 aromatic carbocycles. The Balaban J connectivity index is 2.67. The molecule has 6 nitrogen and oxygen atoms in total. The third kappa shape index (κ3) is 2.99. The maximum atomic E-state index is 5.46. The highest BCUT2D eigenvalue weighted by atomic mass is 16.5. The molecule has 0 amide bonds. The summed E-state index contributed by atoms with van der Waals surface area (Å²) in [5.41, 5.74) is 1.42. The predicted molar refractivity (Wildman–Crippen MR) is 81.3 cm³/mol. The van der Waals surface area contributed by atoms with E-state index < -0.39 is 0 Å². The number of nitrogens with zero attached hydrogens (tertiary/aromatic N) is 2. The van der Waals surface area contributed by atoms with Gasteiger partial charge in [0, 0.05) is 31.1 Å². The minimum absolute atomic E-state index is 0.617. The van der Waals surface area contributed by atoms with Crippen LogP contribution in [-0.4, -0.2) is 37.8 Å². The summed E-state index contributed by atoms with van der Waals surface area (Å²) in [7, 11) is 4.79. The number of aromatic nitrogens is 2. The normalized spacial score (nSPS) is 10.1. The topological polar surface area (TPSA) is 65.5 Å². The summed E-state index contributed by atoms with van der Waals surface area (Å²) in [5.74, 6) is 2.57. The van der Waals surface area contributed by atoms with Gasteiger partial charge in [0.15, 0.2) is 5.82 Å². The van der Waals surface area contributed by atoms with Crippen molar-refractivity contribution in [3.63, 3.8) is 0 Å². The molecular formula is C15H19N3O3. The van der Waals surface area contributed by atoms with Crippen molar-refractivity contribution in [3.05, 3.63) is 24.5 Å². The maximum Gasteiger partial charge on any atom is 0.152 e. The first kappa shape index (κ1) is 14.9. The molecule has 0 bridgehead atoms. The van der Waals surface area contributed by atoms with Gasteiger partial charge < -0.3 is 19.5 Å². The maximum absolute atomic E-state index is 5.46. The highest BCUT2D eigenvalue weighted by Gasteiger charge is 2.19. The van der Waals surface area contributed by atoms with Crippen LogP contribution in [-0.2, 0) is 0 Å². The molecule has 0 aliphatic carbocycles. The summed E-state index contributed by atoms with van der Waals surface area (Å²) < 4.78 is 16.2. The van der Waals surface area contributed by atoms with Gasteiger partial charge in [0.2, 0.25) is 0 Å². The van der Waals surface area contributed by atoms with Crippen molar-refractivity contribution >= 4 is 5.82 Å². The molecule has 112 valence electrons. The Hall–Kier alpha value is -2.50. The minimum Gasteiger partial charge on any atom is -0.496 e. The molecule has 0 saturated heterocycles. The van der Waals surface area contributed by atoms with E-state index in [1.165, 1.54) is 0 Å². The SMILES string of the molecule is CCNc1nccnc1-c1c(OC)cc(OC)cc1OC. The zero-order valence-corrected chi connectivity index (χ0v) is 12.6. The van der Waals surface area contributed by atoms with E-state index in [1.54, 1.807) is 45.9 Å². The van der Waals surface area contributed by atoms with Gasteiger partial charge in [-0.1, -0.05) is 0 Å². The number of benzene rings is 1. The van der Waals surface area contributed by atoms with E-state index in [-0.39, 0.29) is 0 Å². The third-order valence-electron chi connectivity index (χ3n) is 2.99. The first-order chi connectivity index (χ1) is 10.2. The van der Waals surface area contributed by atoms with E-state index in [1.807, 2.05) is 6.92 Å². The van der Waals surface area contributed by atoms with Crippen LogP contribution < -0.4 is 19.5 Å². The summed E-state index contributed by atoms with van der Waals surface area (Å²) >= 11 is 0. The molecule has 0 aliphatic rings. The third-order valence-corrected chi connectivity index (χ3v) is 2.99. The second-order valence-electron chi connectivity index (χ2n) is 4.19. The Morgan fingerprint density at radius 1 is 0.952 bits per heavy atom. The summed E-state index contributed by atoms with van der Waals surface area (Å²) in [6.45, 7) is 2.74. The molecule has 0 atom stereocenters. The molecule has 6 heteroatoms. The Kier molecular flexibility index (Phi) is 4.81. The molecule has 1 heterocycles. The predicted octanol–water partition coefficient (Wildman–Crippen LogP) is 2.60. The minimum atomic E-state index is 0.617. The van der Waals surface area contributed by atoms with Gasteiger partial charge in [0.05, 0.1) is 26.9 Å². The summed E-state index contributed by atoms with van der Waals surface area (Å²) in [5, 5.41) is 3.19. The van der Waals surface area contributed by atoms with Gasteiger partial charge in [-0.2, -0.15) is 0 Å². The first-order valence-corrected chi connectivity index (χ1v) is 6.60. The molecule has 2 rings (SSSR count). The van der Waals surface area contributed by atoms with Crippen molar-refractivity contribution in [1.82, 2.24) is 9.97 Å². The average molecular weight is 289 g/mol. The second kappa shape index (κ2) is 6.78. The van der Waals surface area contributed by atoms with E-state index in [0.29, 0.717) is 28.8 Å². The second-order valence-corrected chi connectivity index (χ2v) is 4.19. The monoisotopic (exact) mass is 289 g/mol. The lowest BCUT2D eigenvalue weighted by atomic mass is 10.1. The van der Waals surface area contributed by atoms with Crippen LogP contribution in [0.25, 0.3) is 11.3 Å². The first-order valence-electron chi connectivity index (χ1n) is 6.60. The Morgan fingerprint density at radius 2 is 1.57 bits per heavy atom. The van der Waals surface area contributed by atoms with Crippen molar-refractivity contribution in [3.8, 4) is 28.5 Å². The van der Waals surface area contributed by atoms with E-state index >= 15 is 0 Å². The van der Waals surface area contributed by atoms with Crippen molar-refractivity contribution in [1.29, 1.82) is 0 Å². The van der Waals surface area contributed by atoms with Crippen molar-refractivity contribution in [2.45, 2.75) is 6.92 Å². The Labute approximate surface area is 124 Å². The van der Waals surface area contributed by atoms with Gasteiger partial charge in [0.1, 0.15) is 22.9 Å². The fourth-order valence-corrected chi connectivity index (χ4v) is 2.06. The molecule has 1 aromatic heterocycles. The van der Waals surface area contributed by atoms with Gasteiger partial charge in [0.25, 0.3) is 0 Å². The van der Waals surface area contributed by atoms with Gasteiger partial charge in [-0.3, -0.25) is 4.98 Å². The van der Waals surface area contributed by atoms with Gasteiger partial charge in [-0.15, -0.1) is 0 Å². The van der Waals surface area contributed by atoms with Gasteiger partial charge >= 0.3 is 0 Å². The number of hydrogen-bond donors (Lipinski definition) is 1. The number of rotatable bonds is 6. The van der Waals surface area contributed by atoms with Crippen LogP contribution in [0.2, 0.25) is 0 Å². The number of ether oxygens (including phenoxy) is 3. The van der Waals surface area contributed by atoms with Crippen LogP contribution in [0.4, 0.5) is 5.82 Å². The van der Waals surface area contributed by atoms with Crippen molar-refractivity contribution in [2.24, 2.45) is 0 Å². The van der Waals surface area contributed by atoms with Crippen molar-refractivity contribution < 1.29 is 14.2 Å². The molecule has 0 radical (unpaired) electrons. The number of anilines is 1. The number of methoxy groups -OCH3 is 3. The summed E-state index contributed by atoms with van der Waals surface area (Å²) in [6.07, 6.45) is 3.28. The van der Waals surface area contributed by atoms with Gasteiger partial charge in [-0.05, 0) is 6.92 Å². The smallest absolute Gasteiger partial charge is 0.152 e. The average Bonchev–Trinajstić information content (AvgIpc) is 2.54. The molecule has 0 aliphatic heterocycles. The molecule has 1 N–H and O–H groups in total. The number of nitrogens with one attached hydrogen (secondary N) is 1. The zero-order chi connectivity index (χ0) is 15.2. The molecule has 21 heavy (non-hydrogen) atoms. The summed E-state index contributed by atoms with van der Waals surface area (Å²) in [4.78, 5) is 8.74. The lowest BCUT2D eigenvalue weighted by Gasteiger charge is -2.16. The standard InChI is InChI=1S/C15H19N3O3/c1-5-16-15-14(17-6-7-18-15)13-11(20-3)8-10(19-2)9-12(13)21-4/h6-9H,5H2,1-4H3,(H,16,18). The van der Waals surface area contributed by atoms with E-state index in [2.05, 4.69) is 15.3 Å². The lowest BCUT2D eigenvalue weighted by Crippen LogP contribution is -2.04. The fraction of sp³-hybridized carbons (Fsp3) is 0.333. The van der Waals surface area contributed by atoms with Crippen molar-refractivity contribution in [2.75, 3.05) is 33.2 Å². The van der Waals surface area contributed by atoms with Crippen LogP contribution in [0, 0.1) is 0 Å². The van der Waals surface area contributed by atoms with Crippen LogP contribution in [0.3, 0.4) is 0 Å².